The van der Waals surface area contributed by atoms with Crippen molar-refractivity contribution in [1.82, 2.24) is 0 Å². The van der Waals surface area contributed by atoms with E-state index in [-0.39, 0.29) is 0 Å². The normalized spacial score (nSPS) is 52.0. The van der Waals surface area contributed by atoms with Gasteiger partial charge in [-0.05, 0) is 43.9 Å². The zero-order valence-corrected chi connectivity index (χ0v) is 8.48. The van der Waals surface area contributed by atoms with E-state index in [0.717, 1.165) is 22.3 Å². The van der Waals surface area contributed by atoms with Crippen LogP contribution in [0.15, 0.2) is 0 Å². The quantitative estimate of drug-likeness (QED) is 0.553. The Bertz CT molecular complexity index is 142. The molecule has 1 saturated heterocycles. The number of hydrogen-bond donors (Lipinski definition) is 0. The highest BCUT2D eigenvalue weighted by molar-refractivity contribution is 8.00. The van der Waals surface area contributed by atoms with Crippen molar-refractivity contribution in [1.29, 1.82) is 0 Å². The van der Waals surface area contributed by atoms with Crippen LogP contribution in [0.4, 0.5) is 0 Å². The van der Waals surface area contributed by atoms with E-state index >= 15 is 0 Å². The average Bonchev–Trinajstić information content (AvgIpc) is 2.64. The summed E-state index contributed by atoms with van der Waals surface area (Å²) in [6, 6.07) is 0. The maximum Gasteiger partial charge on any atom is 0.00783 e. The lowest BCUT2D eigenvalue weighted by molar-refractivity contribution is 0.375. The molecule has 0 aromatic heterocycles. The van der Waals surface area contributed by atoms with E-state index in [4.69, 9.17) is 0 Å². The lowest BCUT2D eigenvalue weighted by Gasteiger charge is -2.34. The van der Waals surface area contributed by atoms with E-state index in [1.807, 2.05) is 0 Å². The standard InChI is InChI=1S/C11H18S/c1-3-8-7-9-4-2-6-11(9)12-10(8)5-1/h8-11H,1-7H2/t8-,9+,10+,11-. The molecule has 4 atom stereocenters. The summed E-state index contributed by atoms with van der Waals surface area (Å²) in [6.07, 6.45) is 10.9. The fourth-order valence-electron chi connectivity index (χ4n) is 3.52. The molecule has 3 aliphatic rings. The summed E-state index contributed by atoms with van der Waals surface area (Å²) in [5.41, 5.74) is 0. The third kappa shape index (κ3) is 1.13. The summed E-state index contributed by atoms with van der Waals surface area (Å²) in [7, 11) is 0. The maximum atomic E-state index is 2.37. The van der Waals surface area contributed by atoms with E-state index in [2.05, 4.69) is 11.8 Å². The SMILES string of the molecule is C1C[C@@H]2C[C@@H]3CCC[C@H]3S[C@H]2C1. The van der Waals surface area contributed by atoms with E-state index in [1.54, 1.807) is 32.1 Å². The van der Waals surface area contributed by atoms with Crippen molar-refractivity contribution >= 4 is 11.8 Å². The van der Waals surface area contributed by atoms with Crippen molar-refractivity contribution in [3.63, 3.8) is 0 Å². The van der Waals surface area contributed by atoms with Crippen LogP contribution in [0, 0.1) is 11.8 Å². The van der Waals surface area contributed by atoms with Crippen LogP contribution in [0.2, 0.25) is 0 Å². The molecule has 0 radical (unpaired) electrons. The Labute approximate surface area is 79.5 Å². The van der Waals surface area contributed by atoms with Crippen molar-refractivity contribution in [2.45, 2.75) is 55.4 Å². The predicted octanol–water partition coefficient (Wildman–Crippen LogP) is 3.46. The Balaban J connectivity index is 1.75. The smallest absolute Gasteiger partial charge is 0.00783 e. The van der Waals surface area contributed by atoms with Gasteiger partial charge in [0.05, 0.1) is 0 Å². The molecular formula is C11H18S. The van der Waals surface area contributed by atoms with Crippen LogP contribution in [-0.2, 0) is 0 Å². The minimum atomic E-state index is 1.09. The van der Waals surface area contributed by atoms with Crippen molar-refractivity contribution in [3.8, 4) is 0 Å². The Morgan fingerprint density at radius 3 is 1.92 bits per heavy atom. The van der Waals surface area contributed by atoms with Gasteiger partial charge in [-0.2, -0.15) is 11.8 Å². The Hall–Kier alpha value is 0.350. The average molecular weight is 182 g/mol. The van der Waals surface area contributed by atoms with Crippen molar-refractivity contribution in [3.05, 3.63) is 0 Å². The summed E-state index contributed by atoms with van der Waals surface area (Å²) in [4.78, 5) is 0. The molecule has 0 amide bonds. The Kier molecular flexibility index (Phi) is 1.89. The van der Waals surface area contributed by atoms with Crippen LogP contribution < -0.4 is 0 Å². The van der Waals surface area contributed by atoms with Gasteiger partial charge in [0.15, 0.2) is 0 Å². The molecule has 1 aliphatic heterocycles. The second kappa shape index (κ2) is 2.94. The lowest BCUT2D eigenvalue weighted by Crippen LogP contribution is -2.27. The molecule has 0 unspecified atom stereocenters. The van der Waals surface area contributed by atoms with E-state index < -0.39 is 0 Å². The van der Waals surface area contributed by atoms with Crippen molar-refractivity contribution in [2.75, 3.05) is 0 Å². The highest BCUT2D eigenvalue weighted by Crippen LogP contribution is 2.52. The van der Waals surface area contributed by atoms with Gasteiger partial charge in [-0.3, -0.25) is 0 Å². The minimum absolute atomic E-state index is 1.09. The zero-order valence-electron chi connectivity index (χ0n) is 7.67. The van der Waals surface area contributed by atoms with Crippen LogP contribution in [0.3, 0.4) is 0 Å². The number of thioether (sulfide) groups is 1. The lowest BCUT2D eigenvalue weighted by atomic mass is 9.91. The summed E-state index contributed by atoms with van der Waals surface area (Å²) < 4.78 is 0. The minimum Gasteiger partial charge on any atom is -0.155 e. The molecule has 0 aromatic carbocycles. The van der Waals surface area contributed by atoms with Gasteiger partial charge in [0.2, 0.25) is 0 Å². The van der Waals surface area contributed by atoms with Gasteiger partial charge in [-0.1, -0.05) is 12.8 Å². The van der Waals surface area contributed by atoms with Crippen molar-refractivity contribution in [2.24, 2.45) is 11.8 Å². The Morgan fingerprint density at radius 2 is 1.33 bits per heavy atom. The van der Waals surface area contributed by atoms with E-state index in [0.29, 0.717) is 0 Å². The highest BCUT2D eigenvalue weighted by Gasteiger charge is 2.41. The first-order valence-corrected chi connectivity index (χ1v) is 6.53. The summed E-state index contributed by atoms with van der Waals surface area (Å²) in [5.74, 6) is 2.27. The molecule has 0 spiro atoms. The van der Waals surface area contributed by atoms with Crippen LogP contribution in [-0.4, -0.2) is 10.5 Å². The highest BCUT2D eigenvalue weighted by atomic mass is 32.2. The van der Waals surface area contributed by atoms with Gasteiger partial charge in [-0.15, -0.1) is 0 Å². The summed E-state index contributed by atoms with van der Waals surface area (Å²) >= 11 is 2.37. The van der Waals surface area contributed by atoms with Gasteiger partial charge < -0.3 is 0 Å². The predicted molar refractivity (Wildman–Crippen MR) is 54.5 cm³/mol. The van der Waals surface area contributed by atoms with Crippen LogP contribution in [0.5, 0.6) is 0 Å². The van der Waals surface area contributed by atoms with E-state index in [9.17, 15) is 0 Å². The number of fused-ring (bicyclic) bond motifs is 2. The second-order valence-corrected chi connectivity index (χ2v) is 6.31. The molecule has 3 fully saturated rings. The van der Waals surface area contributed by atoms with Crippen LogP contribution in [0.1, 0.15) is 44.9 Å². The van der Waals surface area contributed by atoms with Crippen molar-refractivity contribution < 1.29 is 0 Å². The second-order valence-electron chi connectivity index (χ2n) is 4.83. The molecule has 1 heterocycles. The zero-order chi connectivity index (χ0) is 7.97. The first-order valence-electron chi connectivity index (χ1n) is 5.59. The topological polar surface area (TPSA) is 0 Å². The third-order valence-electron chi connectivity index (χ3n) is 4.13. The monoisotopic (exact) mass is 182 g/mol. The fraction of sp³-hybridized carbons (Fsp3) is 1.00. The number of hydrogen-bond acceptors (Lipinski definition) is 1. The molecule has 0 bridgehead atoms. The molecule has 0 nitrogen and oxygen atoms in total. The van der Waals surface area contributed by atoms with Gasteiger partial charge >= 0.3 is 0 Å². The molecule has 2 saturated carbocycles. The Morgan fingerprint density at radius 1 is 0.750 bits per heavy atom. The molecule has 68 valence electrons. The molecule has 12 heavy (non-hydrogen) atoms. The third-order valence-corrected chi connectivity index (χ3v) is 6.07. The van der Waals surface area contributed by atoms with Crippen LogP contribution in [0.25, 0.3) is 0 Å². The van der Waals surface area contributed by atoms with Gasteiger partial charge in [-0.25, -0.2) is 0 Å². The molecule has 0 aromatic rings. The summed E-state index contributed by atoms with van der Waals surface area (Å²) in [5, 5.41) is 2.17. The van der Waals surface area contributed by atoms with Crippen LogP contribution >= 0.6 is 11.8 Å². The fourth-order valence-corrected chi connectivity index (χ4v) is 5.51. The maximum absolute atomic E-state index is 2.37. The largest absolute Gasteiger partial charge is 0.155 e. The molecule has 3 rings (SSSR count). The number of rotatable bonds is 0. The van der Waals surface area contributed by atoms with Gasteiger partial charge in [0.1, 0.15) is 0 Å². The molecular weight excluding hydrogens is 164 g/mol. The first kappa shape index (κ1) is 7.73. The summed E-state index contributed by atoms with van der Waals surface area (Å²) in [6.45, 7) is 0. The van der Waals surface area contributed by atoms with Gasteiger partial charge in [0.25, 0.3) is 0 Å². The van der Waals surface area contributed by atoms with Gasteiger partial charge in [0, 0.05) is 10.5 Å². The van der Waals surface area contributed by atoms with E-state index in [1.165, 1.54) is 12.8 Å². The molecule has 2 aliphatic carbocycles. The molecule has 1 heteroatoms. The first-order chi connectivity index (χ1) is 5.93. The molecule has 0 N–H and O–H groups in total.